The van der Waals surface area contributed by atoms with E-state index in [1.807, 2.05) is 0 Å². The summed E-state index contributed by atoms with van der Waals surface area (Å²) in [5.74, 6) is -1.76. The first-order chi connectivity index (χ1) is 9.49. The van der Waals surface area contributed by atoms with Gasteiger partial charge in [-0.3, -0.25) is 19.4 Å². The van der Waals surface area contributed by atoms with E-state index >= 15 is 0 Å². The number of hydrogen-bond donors (Lipinski definition) is 3. The molecule has 0 aliphatic carbocycles. The predicted molar refractivity (Wildman–Crippen MR) is 72.8 cm³/mol. The number of pyridine rings is 1. The number of nitrogens with two attached hydrogens (primary N) is 2. The number of rotatable bonds is 7. The SMILES string of the molecule is NC(=O)CC[C@H](NC(=O)/C=C/c1cccnc1)C(N)=O. The molecule has 0 aromatic carbocycles. The molecule has 7 nitrogen and oxygen atoms in total. The third-order valence-electron chi connectivity index (χ3n) is 2.45. The average Bonchev–Trinajstić information content (AvgIpc) is 2.41. The van der Waals surface area contributed by atoms with Crippen molar-refractivity contribution >= 4 is 23.8 Å². The Morgan fingerprint density at radius 2 is 2.10 bits per heavy atom. The fourth-order valence-electron chi connectivity index (χ4n) is 1.44. The Balaban J connectivity index is 2.56. The number of hydrogen-bond acceptors (Lipinski definition) is 4. The lowest BCUT2D eigenvalue weighted by atomic mass is 10.1. The van der Waals surface area contributed by atoms with Gasteiger partial charge in [-0.1, -0.05) is 6.07 Å². The molecule has 0 unspecified atom stereocenters. The minimum Gasteiger partial charge on any atom is -0.370 e. The van der Waals surface area contributed by atoms with Crippen molar-refractivity contribution in [2.45, 2.75) is 18.9 Å². The quantitative estimate of drug-likeness (QED) is 0.570. The van der Waals surface area contributed by atoms with E-state index in [-0.39, 0.29) is 12.8 Å². The summed E-state index contributed by atoms with van der Waals surface area (Å²) < 4.78 is 0. The normalized spacial score (nSPS) is 12.0. The van der Waals surface area contributed by atoms with E-state index in [9.17, 15) is 14.4 Å². The van der Waals surface area contributed by atoms with Crippen LogP contribution in [0.4, 0.5) is 0 Å². The van der Waals surface area contributed by atoms with Crippen molar-refractivity contribution in [2.75, 3.05) is 0 Å². The van der Waals surface area contributed by atoms with E-state index in [0.717, 1.165) is 5.56 Å². The topological polar surface area (TPSA) is 128 Å². The van der Waals surface area contributed by atoms with Gasteiger partial charge in [-0.2, -0.15) is 0 Å². The van der Waals surface area contributed by atoms with Crippen molar-refractivity contribution in [3.63, 3.8) is 0 Å². The van der Waals surface area contributed by atoms with Crippen molar-refractivity contribution in [2.24, 2.45) is 11.5 Å². The van der Waals surface area contributed by atoms with Crippen LogP contribution in [0, 0.1) is 0 Å². The summed E-state index contributed by atoms with van der Waals surface area (Å²) >= 11 is 0. The van der Waals surface area contributed by atoms with Crippen LogP contribution in [0.15, 0.2) is 30.6 Å². The van der Waals surface area contributed by atoms with Crippen LogP contribution in [0.1, 0.15) is 18.4 Å². The highest BCUT2D eigenvalue weighted by atomic mass is 16.2. The predicted octanol–water partition coefficient (Wildman–Crippen LogP) is -0.670. The van der Waals surface area contributed by atoms with Crippen LogP contribution >= 0.6 is 0 Å². The Labute approximate surface area is 116 Å². The molecule has 1 heterocycles. The molecule has 7 heteroatoms. The summed E-state index contributed by atoms with van der Waals surface area (Å²) in [5, 5.41) is 2.41. The zero-order valence-corrected chi connectivity index (χ0v) is 10.8. The standard InChI is InChI=1S/C13H16N4O3/c14-11(18)5-4-10(13(15)20)17-12(19)6-3-9-2-1-7-16-8-9/h1-3,6-8,10H,4-5H2,(H2,14,18)(H2,15,20)(H,17,19)/b6-3+/t10-/m0/s1. The van der Waals surface area contributed by atoms with Crippen LogP contribution in [0.2, 0.25) is 0 Å². The monoisotopic (exact) mass is 276 g/mol. The van der Waals surface area contributed by atoms with Crippen LogP contribution in [-0.2, 0) is 14.4 Å². The minimum atomic E-state index is -0.923. The summed E-state index contributed by atoms with van der Waals surface area (Å²) in [7, 11) is 0. The summed E-state index contributed by atoms with van der Waals surface area (Å²) in [4.78, 5) is 37.3. The van der Waals surface area contributed by atoms with Gasteiger partial charge in [0.2, 0.25) is 17.7 Å². The molecule has 3 amide bonds. The Hall–Kier alpha value is -2.70. The Morgan fingerprint density at radius 3 is 2.65 bits per heavy atom. The zero-order chi connectivity index (χ0) is 15.0. The number of primary amides is 2. The van der Waals surface area contributed by atoms with Gasteiger partial charge in [0, 0.05) is 24.9 Å². The van der Waals surface area contributed by atoms with Gasteiger partial charge in [-0.05, 0) is 24.1 Å². The molecule has 1 rings (SSSR count). The van der Waals surface area contributed by atoms with E-state index in [1.54, 1.807) is 30.6 Å². The Kier molecular flexibility index (Phi) is 5.89. The van der Waals surface area contributed by atoms with Crippen molar-refractivity contribution in [1.29, 1.82) is 0 Å². The zero-order valence-electron chi connectivity index (χ0n) is 10.8. The number of amides is 3. The third-order valence-corrected chi connectivity index (χ3v) is 2.45. The fraction of sp³-hybridized carbons (Fsp3) is 0.231. The lowest BCUT2D eigenvalue weighted by Gasteiger charge is -2.12. The fourth-order valence-corrected chi connectivity index (χ4v) is 1.44. The molecule has 20 heavy (non-hydrogen) atoms. The van der Waals surface area contributed by atoms with Crippen LogP contribution < -0.4 is 16.8 Å². The summed E-state index contributed by atoms with van der Waals surface area (Å²) in [5.41, 5.74) is 10.9. The van der Waals surface area contributed by atoms with Crippen molar-refractivity contribution < 1.29 is 14.4 Å². The maximum absolute atomic E-state index is 11.6. The molecule has 0 fully saturated rings. The molecule has 0 bridgehead atoms. The minimum absolute atomic E-state index is 0.0276. The van der Waals surface area contributed by atoms with E-state index in [1.165, 1.54) is 6.08 Å². The first-order valence-corrected chi connectivity index (χ1v) is 5.95. The Bertz CT molecular complexity index is 514. The van der Waals surface area contributed by atoms with Gasteiger partial charge in [0.15, 0.2) is 0 Å². The van der Waals surface area contributed by atoms with Crippen molar-refractivity contribution in [3.05, 3.63) is 36.2 Å². The van der Waals surface area contributed by atoms with Crippen molar-refractivity contribution in [1.82, 2.24) is 10.3 Å². The highest BCUT2D eigenvalue weighted by Crippen LogP contribution is 2.00. The molecule has 5 N–H and O–H groups in total. The summed E-state index contributed by atoms with van der Waals surface area (Å²) in [6.07, 6.45) is 6.07. The summed E-state index contributed by atoms with van der Waals surface area (Å²) in [6.45, 7) is 0. The van der Waals surface area contributed by atoms with Crippen LogP contribution in [-0.4, -0.2) is 28.7 Å². The Morgan fingerprint density at radius 1 is 1.35 bits per heavy atom. The van der Waals surface area contributed by atoms with E-state index in [0.29, 0.717) is 0 Å². The van der Waals surface area contributed by atoms with Crippen LogP contribution in [0.3, 0.4) is 0 Å². The molecule has 0 spiro atoms. The first kappa shape index (κ1) is 15.4. The lowest BCUT2D eigenvalue weighted by Crippen LogP contribution is -2.44. The van der Waals surface area contributed by atoms with Gasteiger partial charge in [-0.25, -0.2) is 0 Å². The molecule has 1 aromatic heterocycles. The maximum Gasteiger partial charge on any atom is 0.244 e. The largest absolute Gasteiger partial charge is 0.370 e. The second-order valence-corrected chi connectivity index (χ2v) is 4.09. The summed E-state index contributed by atoms with van der Waals surface area (Å²) in [6, 6.07) is 2.58. The van der Waals surface area contributed by atoms with Gasteiger partial charge in [0.1, 0.15) is 6.04 Å². The molecule has 1 atom stereocenters. The molecule has 0 saturated carbocycles. The van der Waals surface area contributed by atoms with Crippen LogP contribution in [0.5, 0.6) is 0 Å². The second kappa shape index (κ2) is 7.67. The number of aromatic nitrogens is 1. The molecule has 0 aliphatic rings. The molecule has 0 saturated heterocycles. The lowest BCUT2D eigenvalue weighted by molar-refractivity contribution is -0.125. The molecule has 0 aliphatic heterocycles. The number of carbonyl (C=O) groups is 3. The molecule has 1 aromatic rings. The van der Waals surface area contributed by atoms with E-state index in [2.05, 4.69) is 10.3 Å². The second-order valence-electron chi connectivity index (χ2n) is 4.09. The van der Waals surface area contributed by atoms with Gasteiger partial charge in [0.25, 0.3) is 0 Å². The molecular weight excluding hydrogens is 260 g/mol. The maximum atomic E-state index is 11.6. The van der Waals surface area contributed by atoms with Gasteiger partial charge in [-0.15, -0.1) is 0 Å². The van der Waals surface area contributed by atoms with E-state index in [4.69, 9.17) is 11.5 Å². The third kappa shape index (κ3) is 5.76. The average molecular weight is 276 g/mol. The first-order valence-electron chi connectivity index (χ1n) is 5.95. The number of nitrogens with zero attached hydrogens (tertiary/aromatic N) is 1. The van der Waals surface area contributed by atoms with Crippen LogP contribution in [0.25, 0.3) is 6.08 Å². The van der Waals surface area contributed by atoms with Gasteiger partial charge >= 0.3 is 0 Å². The van der Waals surface area contributed by atoms with Gasteiger partial charge < -0.3 is 16.8 Å². The highest BCUT2D eigenvalue weighted by Gasteiger charge is 2.17. The van der Waals surface area contributed by atoms with Gasteiger partial charge in [0.05, 0.1) is 0 Å². The van der Waals surface area contributed by atoms with Crippen molar-refractivity contribution in [3.8, 4) is 0 Å². The molecule has 0 radical (unpaired) electrons. The smallest absolute Gasteiger partial charge is 0.244 e. The number of nitrogens with one attached hydrogen (secondary N) is 1. The highest BCUT2D eigenvalue weighted by molar-refractivity contribution is 5.95. The number of carbonyl (C=O) groups excluding carboxylic acids is 3. The molecule has 106 valence electrons. The van der Waals surface area contributed by atoms with E-state index < -0.39 is 23.8 Å². The molecular formula is C13H16N4O3.